The fourth-order valence-electron chi connectivity index (χ4n) is 3.73. The molecule has 1 aliphatic heterocycles. The molecule has 0 aromatic carbocycles. The van der Waals surface area contributed by atoms with Crippen molar-refractivity contribution in [2.24, 2.45) is 13.0 Å². The van der Waals surface area contributed by atoms with Gasteiger partial charge in [-0.15, -0.1) is 0 Å². The van der Waals surface area contributed by atoms with Gasteiger partial charge in [-0.2, -0.15) is 18.3 Å². The molecule has 0 radical (unpaired) electrons. The molecule has 1 unspecified atom stereocenters. The van der Waals surface area contributed by atoms with E-state index in [1.807, 2.05) is 48.0 Å². The molecule has 11 heteroatoms. The molecule has 1 aliphatic carbocycles. The molecule has 2 aliphatic rings. The van der Waals surface area contributed by atoms with Gasteiger partial charge in [-0.25, -0.2) is 4.79 Å². The van der Waals surface area contributed by atoms with Crippen molar-refractivity contribution in [3.05, 3.63) is 41.5 Å². The van der Waals surface area contributed by atoms with E-state index in [-0.39, 0.29) is 11.8 Å². The molecular weight excluding hydrogens is 429 g/mol. The summed E-state index contributed by atoms with van der Waals surface area (Å²) in [7, 11) is 1.91. The third-order valence-electron chi connectivity index (χ3n) is 5.49. The fourth-order valence-corrected chi connectivity index (χ4v) is 3.73. The number of carbonyl (C=O) groups excluding carboxylic acids is 1. The van der Waals surface area contributed by atoms with Gasteiger partial charge in [0.25, 0.3) is 5.91 Å². The van der Waals surface area contributed by atoms with Crippen molar-refractivity contribution < 1.29 is 32.6 Å². The Labute approximate surface area is 183 Å². The lowest BCUT2D eigenvalue weighted by atomic mass is 9.96. The van der Waals surface area contributed by atoms with Gasteiger partial charge >= 0.3 is 12.1 Å². The molecule has 0 saturated heterocycles. The molecule has 1 fully saturated rings. The van der Waals surface area contributed by atoms with Crippen LogP contribution in [0.25, 0.3) is 0 Å². The Morgan fingerprint density at radius 2 is 2.00 bits per heavy atom. The van der Waals surface area contributed by atoms with Crippen LogP contribution in [0.5, 0.6) is 0 Å². The van der Waals surface area contributed by atoms with Gasteiger partial charge in [0.2, 0.25) is 0 Å². The SMILES string of the molecule is CCOCC1CN(C(=O)c2cccn2C)Cc2cnn(CC3CC3)c21.O=C(O)C(F)(F)F. The summed E-state index contributed by atoms with van der Waals surface area (Å²) in [4.78, 5) is 23.8. The number of carboxylic acids is 1. The molecule has 32 heavy (non-hydrogen) atoms. The van der Waals surface area contributed by atoms with Gasteiger partial charge in [-0.3, -0.25) is 9.48 Å². The van der Waals surface area contributed by atoms with E-state index in [9.17, 15) is 18.0 Å². The van der Waals surface area contributed by atoms with Crippen LogP contribution in [-0.4, -0.2) is 62.2 Å². The van der Waals surface area contributed by atoms with Crippen LogP contribution in [0.1, 0.15) is 47.4 Å². The minimum absolute atomic E-state index is 0.0783. The Hall–Kier alpha value is -2.82. The largest absolute Gasteiger partial charge is 0.490 e. The van der Waals surface area contributed by atoms with E-state index in [2.05, 4.69) is 9.78 Å². The number of aliphatic carboxylic acids is 1. The number of hydrogen-bond donors (Lipinski definition) is 1. The van der Waals surface area contributed by atoms with Gasteiger partial charge in [0.15, 0.2) is 0 Å². The van der Waals surface area contributed by atoms with Gasteiger partial charge in [0.1, 0.15) is 5.69 Å². The van der Waals surface area contributed by atoms with E-state index >= 15 is 0 Å². The smallest absolute Gasteiger partial charge is 0.475 e. The predicted molar refractivity (Wildman–Crippen MR) is 108 cm³/mol. The summed E-state index contributed by atoms with van der Waals surface area (Å²) >= 11 is 0. The zero-order valence-corrected chi connectivity index (χ0v) is 18.0. The monoisotopic (exact) mass is 456 g/mol. The normalized spacial score (nSPS) is 18.0. The van der Waals surface area contributed by atoms with Gasteiger partial charge in [0.05, 0.1) is 18.5 Å². The molecule has 0 spiro atoms. The number of nitrogens with zero attached hydrogens (tertiary/aromatic N) is 4. The lowest BCUT2D eigenvalue weighted by Crippen LogP contribution is -2.40. The van der Waals surface area contributed by atoms with E-state index in [1.54, 1.807) is 0 Å². The summed E-state index contributed by atoms with van der Waals surface area (Å²) in [6, 6.07) is 3.79. The Balaban J connectivity index is 0.000000360. The van der Waals surface area contributed by atoms with Crippen molar-refractivity contribution in [2.45, 2.75) is 44.9 Å². The van der Waals surface area contributed by atoms with E-state index in [0.29, 0.717) is 26.3 Å². The Kier molecular flexibility index (Phi) is 7.27. The number of carboxylic acid groups (broad SMARTS) is 1. The van der Waals surface area contributed by atoms with Crippen molar-refractivity contribution in [1.29, 1.82) is 0 Å². The second-order valence-corrected chi connectivity index (χ2v) is 8.03. The van der Waals surface area contributed by atoms with Crippen molar-refractivity contribution >= 4 is 11.9 Å². The molecule has 4 rings (SSSR count). The standard InChI is InChI=1S/C19H26N4O2.C2HF3O2/c1-3-25-13-16-12-22(19(24)17-5-4-8-21(17)2)11-15-9-20-23(18(15)16)10-14-6-7-14;3-2(4,5)1(6)7/h4-5,8-9,14,16H,3,6-7,10-13H2,1-2H3;(H,6,7). The molecule has 3 heterocycles. The van der Waals surface area contributed by atoms with E-state index in [4.69, 9.17) is 14.6 Å². The minimum atomic E-state index is -5.08. The zero-order valence-electron chi connectivity index (χ0n) is 18.0. The van der Waals surface area contributed by atoms with Crippen LogP contribution in [0, 0.1) is 5.92 Å². The van der Waals surface area contributed by atoms with E-state index < -0.39 is 12.1 Å². The molecule has 1 atom stereocenters. The molecule has 2 aromatic heterocycles. The van der Waals surface area contributed by atoms with Crippen LogP contribution in [0.3, 0.4) is 0 Å². The third kappa shape index (κ3) is 5.70. The van der Waals surface area contributed by atoms with Crippen molar-refractivity contribution in [1.82, 2.24) is 19.2 Å². The summed E-state index contributed by atoms with van der Waals surface area (Å²) < 4.78 is 41.5. The van der Waals surface area contributed by atoms with E-state index in [0.717, 1.165) is 18.2 Å². The Bertz CT molecular complexity index is 949. The number of carbonyl (C=O) groups is 2. The topological polar surface area (TPSA) is 89.6 Å². The highest BCUT2D eigenvalue weighted by Crippen LogP contribution is 2.34. The third-order valence-corrected chi connectivity index (χ3v) is 5.49. The predicted octanol–water partition coefficient (Wildman–Crippen LogP) is 3.04. The average molecular weight is 456 g/mol. The number of aromatic nitrogens is 3. The van der Waals surface area contributed by atoms with Crippen LogP contribution in [0.15, 0.2) is 24.5 Å². The number of halogens is 3. The first-order chi connectivity index (χ1) is 15.1. The number of rotatable bonds is 6. The Morgan fingerprint density at radius 3 is 2.53 bits per heavy atom. The maximum atomic E-state index is 12.9. The first-order valence-corrected chi connectivity index (χ1v) is 10.4. The maximum absolute atomic E-state index is 12.9. The lowest BCUT2D eigenvalue weighted by Gasteiger charge is -2.33. The fraction of sp³-hybridized carbons (Fsp3) is 0.571. The second kappa shape index (κ2) is 9.76. The van der Waals surface area contributed by atoms with Gasteiger partial charge < -0.3 is 19.3 Å². The van der Waals surface area contributed by atoms with Crippen LogP contribution in [0.4, 0.5) is 13.2 Å². The quantitative estimate of drug-likeness (QED) is 0.722. The number of fused-ring (bicyclic) bond motifs is 1. The van der Waals surface area contributed by atoms with Crippen LogP contribution < -0.4 is 0 Å². The number of alkyl halides is 3. The first-order valence-electron chi connectivity index (χ1n) is 10.4. The summed E-state index contributed by atoms with van der Waals surface area (Å²) in [6.45, 7) is 5.66. The van der Waals surface area contributed by atoms with E-state index in [1.165, 1.54) is 24.1 Å². The molecule has 176 valence electrons. The van der Waals surface area contributed by atoms with Crippen molar-refractivity contribution in [2.75, 3.05) is 19.8 Å². The second-order valence-electron chi connectivity index (χ2n) is 8.03. The average Bonchev–Trinajstić information content (AvgIpc) is 3.30. The summed E-state index contributed by atoms with van der Waals surface area (Å²) in [5.74, 6) is -1.71. The van der Waals surface area contributed by atoms with Gasteiger partial charge in [-0.1, -0.05) is 0 Å². The summed E-state index contributed by atoms with van der Waals surface area (Å²) in [5.41, 5.74) is 3.17. The highest BCUT2D eigenvalue weighted by Gasteiger charge is 2.38. The van der Waals surface area contributed by atoms with Crippen molar-refractivity contribution in [3.63, 3.8) is 0 Å². The number of aryl methyl sites for hydroxylation is 1. The highest BCUT2D eigenvalue weighted by atomic mass is 19.4. The van der Waals surface area contributed by atoms with Crippen LogP contribution in [0.2, 0.25) is 0 Å². The maximum Gasteiger partial charge on any atom is 0.490 e. The van der Waals surface area contributed by atoms with Crippen LogP contribution in [-0.2, 0) is 29.7 Å². The Morgan fingerprint density at radius 1 is 1.31 bits per heavy atom. The molecule has 2 aromatic rings. The highest BCUT2D eigenvalue weighted by molar-refractivity contribution is 5.93. The molecule has 1 saturated carbocycles. The summed E-state index contributed by atoms with van der Waals surface area (Å²) in [5, 5.41) is 11.8. The zero-order chi connectivity index (χ0) is 23.5. The van der Waals surface area contributed by atoms with Gasteiger partial charge in [0, 0.05) is 51.0 Å². The molecule has 8 nitrogen and oxygen atoms in total. The lowest BCUT2D eigenvalue weighted by molar-refractivity contribution is -0.192. The molecular formula is C21H27F3N4O4. The molecule has 1 N–H and O–H groups in total. The number of hydrogen-bond acceptors (Lipinski definition) is 4. The number of amides is 1. The number of ether oxygens (including phenoxy) is 1. The first kappa shape index (κ1) is 23.8. The summed E-state index contributed by atoms with van der Waals surface area (Å²) in [6.07, 6.45) is 1.39. The molecule has 0 bridgehead atoms. The molecule has 1 amide bonds. The minimum Gasteiger partial charge on any atom is -0.475 e. The van der Waals surface area contributed by atoms with Crippen LogP contribution >= 0.6 is 0 Å². The van der Waals surface area contributed by atoms with Gasteiger partial charge in [-0.05, 0) is 37.8 Å². The van der Waals surface area contributed by atoms with Crippen molar-refractivity contribution in [3.8, 4) is 0 Å².